The molecular formula is C13H21N3O2. The van der Waals surface area contributed by atoms with Crippen molar-refractivity contribution in [3.63, 3.8) is 0 Å². The second kappa shape index (κ2) is 6.00. The van der Waals surface area contributed by atoms with Crippen molar-refractivity contribution in [1.29, 1.82) is 0 Å². The zero-order valence-electron chi connectivity index (χ0n) is 10.9. The highest BCUT2D eigenvalue weighted by molar-refractivity contribution is 5.92. The first-order valence-corrected chi connectivity index (χ1v) is 6.62. The molecule has 1 aromatic heterocycles. The highest BCUT2D eigenvalue weighted by Gasteiger charge is 2.26. The fraction of sp³-hybridized carbons (Fsp3) is 0.692. The molecule has 0 aliphatic heterocycles. The Labute approximate surface area is 107 Å². The van der Waals surface area contributed by atoms with Crippen LogP contribution < -0.4 is 0 Å². The summed E-state index contributed by atoms with van der Waals surface area (Å²) in [6.45, 7) is 0.412. The predicted octanol–water partition coefficient (Wildman–Crippen LogP) is 1.19. The number of aliphatic hydroxyl groups excluding tert-OH is 1. The Balaban J connectivity index is 2.10. The first-order chi connectivity index (χ1) is 8.72. The molecule has 0 aromatic carbocycles. The van der Waals surface area contributed by atoms with Gasteiger partial charge in [0.15, 0.2) is 0 Å². The minimum Gasteiger partial charge on any atom is -0.395 e. The molecule has 1 fully saturated rings. The van der Waals surface area contributed by atoms with Gasteiger partial charge in [0.1, 0.15) is 5.69 Å². The molecule has 1 aliphatic carbocycles. The molecule has 1 saturated carbocycles. The van der Waals surface area contributed by atoms with Crippen LogP contribution >= 0.6 is 0 Å². The summed E-state index contributed by atoms with van der Waals surface area (Å²) in [6, 6.07) is 0.264. The Kier molecular flexibility index (Phi) is 4.36. The fourth-order valence-corrected chi connectivity index (χ4v) is 2.62. The first kappa shape index (κ1) is 13.1. The molecule has 1 N–H and O–H groups in total. The lowest BCUT2D eigenvalue weighted by Crippen LogP contribution is -2.43. The van der Waals surface area contributed by atoms with Gasteiger partial charge in [-0.1, -0.05) is 19.3 Å². The van der Waals surface area contributed by atoms with E-state index in [2.05, 4.69) is 4.98 Å². The van der Waals surface area contributed by atoms with E-state index in [0.717, 1.165) is 12.8 Å². The van der Waals surface area contributed by atoms with Crippen molar-refractivity contribution >= 4 is 5.91 Å². The van der Waals surface area contributed by atoms with Crippen LogP contribution in [0.1, 0.15) is 42.6 Å². The maximum absolute atomic E-state index is 12.4. The molecule has 1 amide bonds. The molecule has 0 saturated heterocycles. The molecule has 5 heteroatoms. The summed E-state index contributed by atoms with van der Waals surface area (Å²) in [5, 5.41) is 9.15. The van der Waals surface area contributed by atoms with Crippen LogP contribution in [0.2, 0.25) is 0 Å². The number of nitrogens with zero attached hydrogens (tertiary/aromatic N) is 3. The number of imidazole rings is 1. The monoisotopic (exact) mass is 251 g/mol. The lowest BCUT2D eigenvalue weighted by molar-refractivity contribution is 0.0580. The van der Waals surface area contributed by atoms with Crippen LogP contribution in [0.3, 0.4) is 0 Å². The Morgan fingerprint density at radius 3 is 2.78 bits per heavy atom. The van der Waals surface area contributed by atoms with Crippen molar-refractivity contribution in [2.75, 3.05) is 13.2 Å². The molecule has 2 rings (SSSR count). The molecule has 1 aliphatic rings. The quantitative estimate of drug-likeness (QED) is 0.874. The summed E-state index contributed by atoms with van der Waals surface area (Å²) < 4.78 is 1.77. The lowest BCUT2D eigenvalue weighted by atomic mass is 9.94. The number of aryl methyl sites for hydroxylation is 1. The van der Waals surface area contributed by atoms with E-state index in [0.29, 0.717) is 12.2 Å². The summed E-state index contributed by atoms with van der Waals surface area (Å²) >= 11 is 0. The average molecular weight is 251 g/mol. The molecular weight excluding hydrogens is 230 g/mol. The fourth-order valence-electron chi connectivity index (χ4n) is 2.62. The zero-order valence-corrected chi connectivity index (χ0v) is 10.9. The second-order valence-electron chi connectivity index (χ2n) is 4.94. The summed E-state index contributed by atoms with van der Waals surface area (Å²) in [6.07, 6.45) is 9.03. The maximum Gasteiger partial charge on any atom is 0.274 e. The zero-order chi connectivity index (χ0) is 13.0. The van der Waals surface area contributed by atoms with Gasteiger partial charge in [-0.05, 0) is 12.8 Å². The van der Waals surface area contributed by atoms with Gasteiger partial charge < -0.3 is 14.6 Å². The Morgan fingerprint density at radius 1 is 1.50 bits per heavy atom. The van der Waals surface area contributed by atoms with Gasteiger partial charge in [0.2, 0.25) is 0 Å². The molecule has 5 nitrogen and oxygen atoms in total. The third-order valence-electron chi connectivity index (χ3n) is 3.54. The minimum atomic E-state index is -0.0587. The third kappa shape index (κ3) is 2.90. The molecule has 0 spiro atoms. The van der Waals surface area contributed by atoms with E-state index in [9.17, 15) is 4.79 Å². The van der Waals surface area contributed by atoms with Gasteiger partial charge in [-0.15, -0.1) is 0 Å². The average Bonchev–Trinajstić information content (AvgIpc) is 2.83. The van der Waals surface area contributed by atoms with Crippen LogP contribution in [0.15, 0.2) is 12.5 Å². The van der Waals surface area contributed by atoms with Crippen molar-refractivity contribution in [2.45, 2.75) is 38.1 Å². The molecule has 1 aromatic rings. The largest absolute Gasteiger partial charge is 0.395 e. The van der Waals surface area contributed by atoms with Gasteiger partial charge in [-0.2, -0.15) is 0 Å². The SMILES string of the molecule is Cn1cnc(C(=O)N(CCO)C2CCCCC2)c1. The van der Waals surface area contributed by atoms with Crippen LogP contribution in [-0.4, -0.2) is 44.7 Å². The number of carbonyl (C=O) groups excluding carboxylic acids is 1. The molecule has 0 radical (unpaired) electrons. The van der Waals surface area contributed by atoms with Crippen molar-refractivity contribution in [1.82, 2.24) is 14.5 Å². The highest BCUT2D eigenvalue weighted by Crippen LogP contribution is 2.23. The van der Waals surface area contributed by atoms with Crippen molar-refractivity contribution in [3.8, 4) is 0 Å². The van der Waals surface area contributed by atoms with Crippen molar-refractivity contribution < 1.29 is 9.90 Å². The molecule has 0 atom stereocenters. The molecule has 1 heterocycles. The lowest BCUT2D eigenvalue weighted by Gasteiger charge is -2.33. The summed E-state index contributed by atoms with van der Waals surface area (Å²) in [4.78, 5) is 18.3. The standard InChI is InChI=1S/C13H21N3O2/c1-15-9-12(14-10-15)13(18)16(7-8-17)11-5-3-2-4-6-11/h9-11,17H,2-8H2,1H3. The summed E-state index contributed by atoms with van der Waals surface area (Å²) in [5.74, 6) is -0.0587. The summed E-state index contributed by atoms with van der Waals surface area (Å²) in [7, 11) is 1.85. The molecule has 0 unspecified atom stereocenters. The molecule has 100 valence electrons. The van der Waals surface area contributed by atoms with Crippen LogP contribution in [0, 0.1) is 0 Å². The van der Waals surface area contributed by atoms with Crippen LogP contribution in [0.25, 0.3) is 0 Å². The molecule has 0 bridgehead atoms. The molecule has 18 heavy (non-hydrogen) atoms. The van der Waals surface area contributed by atoms with E-state index >= 15 is 0 Å². The number of hydrogen-bond acceptors (Lipinski definition) is 3. The topological polar surface area (TPSA) is 58.4 Å². The Bertz CT molecular complexity index is 397. The number of aliphatic hydroxyl groups is 1. The normalized spacial score (nSPS) is 16.8. The highest BCUT2D eigenvalue weighted by atomic mass is 16.3. The second-order valence-corrected chi connectivity index (χ2v) is 4.94. The van der Waals surface area contributed by atoms with Gasteiger partial charge in [-0.3, -0.25) is 4.79 Å². The Morgan fingerprint density at radius 2 is 2.22 bits per heavy atom. The van der Waals surface area contributed by atoms with Gasteiger partial charge in [-0.25, -0.2) is 4.98 Å². The number of rotatable bonds is 4. The van der Waals surface area contributed by atoms with Crippen LogP contribution in [-0.2, 0) is 7.05 Å². The van der Waals surface area contributed by atoms with E-state index in [4.69, 9.17) is 5.11 Å². The van der Waals surface area contributed by atoms with E-state index in [1.165, 1.54) is 19.3 Å². The summed E-state index contributed by atoms with van der Waals surface area (Å²) in [5.41, 5.74) is 0.469. The van der Waals surface area contributed by atoms with Crippen molar-refractivity contribution in [2.24, 2.45) is 7.05 Å². The maximum atomic E-state index is 12.4. The number of amides is 1. The van der Waals surface area contributed by atoms with E-state index in [1.807, 2.05) is 7.05 Å². The van der Waals surface area contributed by atoms with Gasteiger partial charge in [0.25, 0.3) is 5.91 Å². The number of aromatic nitrogens is 2. The first-order valence-electron chi connectivity index (χ1n) is 6.62. The van der Waals surface area contributed by atoms with E-state index in [1.54, 1.807) is 22.0 Å². The van der Waals surface area contributed by atoms with Gasteiger partial charge in [0.05, 0.1) is 12.9 Å². The van der Waals surface area contributed by atoms with Crippen LogP contribution in [0.5, 0.6) is 0 Å². The van der Waals surface area contributed by atoms with E-state index < -0.39 is 0 Å². The third-order valence-corrected chi connectivity index (χ3v) is 3.54. The van der Waals surface area contributed by atoms with Crippen molar-refractivity contribution in [3.05, 3.63) is 18.2 Å². The number of hydrogen-bond donors (Lipinski definition) is 1. The van der Waals surface area contributed by atoms with E-state index in [-0.39, 0.29) is 18.6 Å². The van der Waals surface area contributed by atoms with Gasteiger partial charge >= 0.3 is 0 Å². The smallest absolute Gasteiger partial charge is 0.274 e. The predicted molar refractivity (Wildman–Crippen MR) is 68.2 cm³/mol. The minimum absolute atomic E-state index is 0.00900. The van der Waals surface area contributed by atoms with Gasteiger partial charge in [0, 0.05) is 25.8 Å². The number of carbonyl (C=O) groups is 1. The van der Waals surface area contributed by atoms with Crippen LogP contribution in [0.4, 0.5) is 0 Å². The Hall–Kier alpha value is -1.36.